The van der Waals surface area contributed by atoms with Gasteiger partial charge in [0.2, 0.25) is 5.91 Å². The molecule has 116 valence electrons. The van der Waals surface area contributed by atoms with E-state index in [1.165, 1.54) is 6.08 Å². The maximum absolute atomic E-state index is 11.8. The number of nitrogens with zero attached hydrogens (tertiary/aromatic N) is 3. The zero-order chi connectivity index (χ0) is 16.2. The largest absolute Gasteiger partial charge is 0.465 e. The molecule has 0 atom stereocenters. The van der Waals surface area contributed by atoms with Gasteiger partial charge < -0.3 is 9.73 Å². The molecule has 6 heteroatoms. The number of pyridine rings is 1. The number of amides is 1. The molecule has 23 heavy (non-hydrogen) atoms. The van der Waals surface area contributed by atoms with E-state index >= 15 is 0 Å². The minimum atomic E-state index is -0.248. The number of aromatic nitrogens is 3. The van der Waals surface area contributed by atoms with Crippen molar-refractivity contribution in [3.63, 3.8) is 0 Å². The van der Waals surface area contributed by atoms with Crippen molar-refractivity contribution < 1.29 is 9.21 Å². The molecule has 1 amide bonds. The minimum absolute atomic E-state index is 0.248. The molecular weight excluding hydrogens is 292 g/mol. The van der Waals surface area contributed by atoms with Gasteiger partial charge in [-0.1, -0.05) is 0 Å². The van der Waals surface area contributed by atoms with Crippen LogP contribution in [0.1, 0.15) is 17.1 Å². The Morgan fingerprint density at radius 2 is 2.17 bits per heavy atom. The average Bonchev–Trinajstić information content (AvgIpc) is 3.15. The number of hydrogen-bond donors (Lipinski definition) is 1. The fourth-order valence-corrected chi connectivity index (χ4v) is 2.17. The summed E-state index contributed by atoms with van der Waals surface area (Å²) >= 11 is 0. The van der Waals surface area contributed by atoms with E-state index in [-0.39, 0.29) is 5.91 Å². The fourth-order valence-electron chi connectivity index (χ4n) is 2.17. The summed E-state index contributed by atoms with van der Waals surface area (Å²) in [5.74, 6) is 1.08. The molecule has 0 saturated heterocycles. The monoisotopic (exact) mass is 308 g/mol. The third-order valence-corrected chi connectivity index (χ3v) is 3.18. The van der Waals surface area contributed by atoms with Crippen LogP contribution in [0.2, 0.25) is 0 Å². The predicted octanol–water partition coefficient (Wildman–Crippen LogP) is 3.13. The van der Waals surface area contributed by atoms with Crippen molar-refractivity contribution in [3.05, 3.63) is 66.0 Å². The molecule has 0 saturated carbocycles. The highest BCUT2D eigenvalue weighted by Crippen LogP contribution is 2.13. The topological polar surface area (TPSA) is 73.0 Å². The zero-order valence-electron chi connectivity index (χ0n) is 12.9. The van der Waals surface area contributed by atoms with E-state index in [0.29, 0.717) is 17.3 Å². The Hall–Kier alpha value is -3.15. The Balaban J connectivity index is 1.68. The molecule has 0 spiro atoms. The Labute approximate surface area is 133 Å². The summed E-state index contributed by atoms with van der Waals surface area (Å²) in [4.78, 5) is 16.2. The first-order valence-electron chi connectivity index (χ1n) is 7.14. The lowest BCUT2D eigenvalue weighted by atomic mass is 10.3. The molecular formula is C17H16N4O2. The molecule has 1 N–H and O–H groups in total. The number of carbonyl (C=O) groups is 1. The van der Waals surface area contributed by atoms with Gasteiger partial charge in [-0.2, -0.15) is 5.10 Å². The molecule has 0 bridgehead atoms. The van der Waals surface area contributed by atoms with Gasteiger partial charge in [0.25, 0.3) is 0 Å². The number of rotatable bonds is 4. The smallest absolute Gasteiger partial charge is 0.248 e. The lowest BCUT2D eigenvalue weighted by Gasteiger charge is -2.05. The highest BCUT2D eigenvalue weighted by molar-refractivity contribution is 6.01. The SMILES string of the molecule is Cc1cc(C)n(-c2ccc(NC(=O)/C=C/c3ccco3)cn2)n1. The van der Waals surface area contributed by atoms with Crippen LogP contribution >= 0.6 is 0 Å². The van der Waals surface area contributed by atoms with Crippen molar-refractivity contribution in [2.24, 2.45) is 0 Å². The van der Waals surface area contributed by atoms with E-state index < -0.39 is 0 Å². The van der Waals surface area contributed by atoms with Crippen molar-refractivity contribution in [2.75, 3.05) is 5.32 Å². The normalized spacial score (nSPS) is 11.0. The molecule has 0 radical (unpaired) electrons. The van der Waals surface area contributed by atoms with Crippen LogP contribution in [0.4, 0.5) is 5.69 Å². The number of hydrogen-bond acceptors (Lipinski definition) is 4. The lowest BCUT2D eigenvalue weighted by molar-refractivity contribution is -0.111. The van der Waals surface area contributed by atoms with Crippen molar-refractivity contribution in [1.82, 2.24) is 14.8 Å². The van der Waals surface area contributed by atoms with Crippen LogP contribution in [-0.4, -0.2) is 20.7 Å². The molecule has 0 fully saturated rings. The molecule has 3 heterocycles. The van der Waals surface area contributed by atoms with E-state index in [9.17, 15) is 4.79 Å². The molecule has 3 aromatic heterocycles. The maximum Gasteiger partial charge on any atom is 0.248 e. The van der Waals surface area contributed by atoms with Crippen LogP contribution < -0.4 is 5.32 Å². The van der Waals surface area contributed by atoms with Gasteiger partial charge in [0.05, 0.1) is 23.8 Å². The van der Waals surface area contributed by atoms with Crippen LogP contribution in [0.3, 0.4) is 0 Å². The van der Waals surface area contributed by atoms with E-state index in [1.807, 2.05) is 26.0 Å². The maximum atomic E-state index is 11.8. The summed E-state index contributed by atoms with van der Waals surface area (Å²) in [5, 5.41) is 7.12. The summed E-state index contributed by atoms with van der Waals surface area (Å²) in [7, 11) is 0. The molecule has 6 nitrogen and oxygen atoms in total. The van der Waals surface area contributed by atoms with Gasteiger partial charge in [0.1, 0.15) is 5.76 Å². The van der Waals surface area contributed by atoms with Crippen LogP contribution in [-0.2, 0) is 4.79 Å². The summed E-state index contributed by atoms with van der Waals surface area (Å²) < 4.78 is 6.88. The lowest BCUT2D eigenvalue weighted by Crippen LogP contribution is -2.09. The number of carbonyl (C=O) groups excluding carboxylic acids is 1. The predicted molar refractivity (Wildman–Crippen MR) is 87.2 cm³/mol. The summed E-state index contributed by atoms with van der Waals surface area (Å²) in [6.45, 7) is 3.90. The number of aryl methyl sites for hydroxylation is 2. The first kappa shape index (κ1) is 14.8. The van der Waals surface area contributed by atoms with Crippen LogP contribution in [0.25, 0.3) is 11.9 Å². The molecule has 3 rings (SSSR count). The van der Waals surface area contributed by atoms with E-state index in [1.54, 1.807) is 41.4 Å². The van der Waals surface area contributed by atoms with Gasteiger partial charge in [-0.3, -0.25) is 4.79 Å². The third-order valence-electron chi connectivity index (χ3n) is 3.18. The Morgan fingerprint density at radius 3 is 2.78 bits per heavy atom. The van der Waals surface area contributed by atoms with Crippen molar-refractivity contribution >= 4 is 17.7 Å². The Bertz CT molecular complexity index is 830. The van der Waals surface area contributed by atoms with E-state index in [2.05, 4.69) is 15.4 Å². The highest BCUT2D eigenvalue weighted by atomic mass is 16.3. The molecule has 0 aromatic carbocycles. The van der Waals surface area contributed by atoms with E-state index in [4.69, 9.17) is 4.42 Å². The molecule has 0 unspecified atom stereocenters. The van der Waals surface area contributed by atoms with Gasteiger partial charge in [0, 0.05) is 11.8 Å². The number of nitrogens with one attached hydrogen (secondary N) is 1. The average molecular weight is 308 g/mol. The van der Waals surface area contributed by atoms with Crippen LogP contribution in [0.5, 0.6) is 0 Å². The van der Waals surface area contributed by atoms with E-state index in [0.717, 1.165) is 11.4 Å². The Morgan fingerprint density at radius 1 is 1.30 bits per heavy atom. The molecule has 3 aromatic rings. The zero-order valence-corrected chi connectivity index (χ0v) is 12.9. The molecule has 0 aliphatic heterocycles. The highest BCUT2D eigenvalue weighted by Gasteiger charge is 2.05. The quantitative estimate of drug-likeness (QED) is 0.752. The summed E-state index contributed by atoms with van der Waals surface area (Å²) in [6.07, 6.45) is 6.17. The summed E-state index contributed by atoms with van der Waals surface area (Å²) in [5.41, 5.74) is 2.56. The Kier molecular flexibility index (Phi) is 4.05. The van der Waals surface area contributed by atoms with Crippen molar-refractivity contribution in [3.8, 4) is 5.82 Å². The second-order valence-corrected chi connectivity index (χ2v) is 5.08. The van der Waals surface area contributed by atoms with Crippen LogP contribution in [0.15, 0.2) is 53.3 Å². The van der Waals surface area contributed by atoms with Gasteiger partial charge in [-0.25, -0.2) is 9.67 Å². The van der Waals surface area contributed by atoms with Gasteiger partial charge in [-0.15, -0.1) is 0 Å². The number of furan rings is 1. The van der Waals surface area contributed by atoms with Crippen molar-refractivity contribution in [2.45, 2.75) is 13.8 Å². The van der Waals surface area contributed by atoms with Gasteiger partial charge in [-0.05, 0) is 50.3 Å². The standard InChI is InChI=1S/C17H16N4O2/c1-12-10-13(2)21(20-12)16-7-5-14(11-18-16)19-17(22)8-6-15-4-3-9-23-15/h3-11H,1-2H3,(H,19,22)/b8-6+. The second-order valence-electron chi connectivity index (χ2n) is 5.08. The van der Waals surface area contributed by atoms with Crippen molar-refractivity contribution in [1.29, 1.82) is 0 Å². The summed E-state index contributed by atoms with van der Waals surface area (Å²) in [6, 6.07) is 9.12. The minimum Gasteiger partial charge on any atom is -0.465 e. The first-order valence-corrected chi connectivity index (χ1v) is 7.14. The number of anilines is 1. The fraction of sp³-hybridized carbons (Fsp3) is 0.118. The van der Waals surface area contributed by atoms with Gasteiger partial charge >= 0.3 is 0 Å². The van der Waals surface area contributed by atoms with Gasteiger partial charge in [0.15, 0.2) is 5.82 Å². The molecule has 0 aliphatic carbocycles. The first-order chi connectivity index (χ1) is 11.1. The van der Waals surface area contributed by atoms with Crippen LogP contribution in [0, 0.1) is 13.8 Å². The second kappa shape index (κ2) is 6.31. The molecule has 0 aliphatic rings. The third kappa shape index (κ3) is 3.55.